The van der Waals surface area contributed by atoms with Gasteiger partial charge in [-0.3, -0.25) is 14.5 Å². The molecule has 0 aromatic carbocycles. The number of rotatable bonds is 4. The summed E-state index contributed by atoms with van der Waals surface area (Å²) in [6.07, 6.45) is 2.30. The molecule has 1 aliphatic heterocycles. The molecule has 1 saturated heterocycles. The Bertz CT molecular complexity index is 669. The summed E-state index contributed by atoms with van der Waals surface area (Å²) < 4.78 is 0. The molecule has 1 aliphatic carbocycles. The van der Waals surface area contributed by atoms with Gasteiger partial charge < -0.3 is 15.2 Å². The van der Waals surface area contributed by atoms with Crippen LogP contribution in [0.3, 0.4) is 0 Å². The van der Waals surface area contributed by atoms with Crippen molar-refractivity contribution < 1.29 is 9.59 Å². The van der Waals surface area contributed by atoms with Crippen molar-refractivity contribution in [3.63, 3.8) is 0 Å². The highest BCUT2D eigenvalue weighted by molar-refractivity contribution is 6.04. The van der Waals surface area contributed by atoms with Crippen LogP contribution in [-0.4, -0.2) is 71.8 Å². The van der Waals surface area contributed by atoms with Gasteiger partial charge in [0.2, 0.25) is 0 Å². The number of aryl methyl sites for hydroxylation is 1. The second kappa shape index (κ2) is 6.92. The Hall–Kier alpha value is -1.66. The van der Waals surface area contributed by atoms with Gasteiger partial charge >= 0.3 is 0 Å². The van der Waals surface area contributed by atoms with E-state index in [9.17, 15) is 9.59 Å². The zero-order chi connectivity index (χ0) is 18.2. The molecule has 2 heterocycles. The third-order valence-corrected chi connectivity index (χ3v) is 5.71. The molecule has 138 valence electrons. The number of piperazine rings is 1. The Morgan fingerprint density at radius 1 is 1.20 bits per heavy atom. The average molecular weight is 346 g/mol. The molecule has 3 rings (SSSR count). The number of aromatic nitrogens is 1. The number of hydrogen-bond donors (Lipinski definition) is 2. The summed E-state index contributed by atoms with van der Waals surface area (Å²) in [7, 11) is 2.14. The number of likely N-dealkylation sites (N-methyl/N-ethyl adjacent to an activating group) is 1. The van der Waals surface area contributed by atoms with Crippen molar-refractivity contribution in [1.82, 2.24) is 20.1 Å². The molecule has 1 amide bonds. The molecule has 1 aromatic rings. The fourth-order valence-corrected chi connectivity index (χ4v) is 3.91. The molecule has 0 unspecified atom stereocenters. The van der Waals surface area contributed by atoms with Gasteiger partial charge in [0.15, 0.2) is 5.78 Å². The minimum Gasteiger partial charge on any atom is -0.354 e. The lowest BCUT2D eigenvalue weighted by molar-refractivity contribution is 0.0587. The van der Waals surface area contributed by atoms with Crippen LogP contribution in [0.25, 0.3) is 0 Å². The molecule has 6 nitrogen and oxygen atoms in total. The predicted octanol–water partition coefficient (Wildman–Crippen LogP) is 1.60. The first-order chi connectivity index (χ1) is 11.8. The first-order valence-corrected chi connectivity index (χ1v) is 9.26. The van der Waals surface area contributed by atoms with Crippen LogP contribution < -0.4 is 5.32 Å². The monoisotopic (exact) mass is 346 g/mol. The largest absolute Gasteiger partial charge is 0.354 e. The molecule has 2 N–H and O–H groups in total. The number of fused-ring (bicyclic) bond motifs is 1. The van der Waals surface area contributed by atoms with E-state index >= 15 is 0 Å². The minimum atomic E-state index is -0.109. The fourth-order valence-electron chi connectivity index (χ4n) is 3.91. The smallest absolute Gasteiger partial charge is 0.268 e. The predicted molar refractivity (Wildman–Crippen MR) is 98.3 cm³/mol. The molecule has 2 aliphatic rings. The van der Waals surface area contributed by atoms with Crippen LogP contribution in [0.2, 0.25) is 0 Å². The first kappa shape index (κ1) is 18.1. The number of nitrogens with zero attached hydrogens (tertiary/aromatic N) is 2. The number of ketones is 1. The van der Waals surface area contributed by atoms with E-state index in [1.807, 2.05) is 6.92 Å². The zero-order valence-electron chi connectivity index (χ0n) is 15.9. The van der Waals surface area contributed by atoms with E-state index in [0.717, 1.165) is 55.8 Å². The number of hydrogen-bond acceptors (Lipinski definition) is 4. The van der Waals surface area contributed by atoms with Gasteiger partial charge in [-0.25, -0.2) is 0 Å². The third kappa shape index (κ3) is 3.65. The highest BCUT2D eigenvalue weighted by Crippen LogP contribution is 2.26. The number of H-pyrrole nitrogens is 1. The Kier molecular flexibility index (Phi) is 5.02. The van der Waals surface area contributed by atoms with Gasteiger partial charge in [0.25, 0.3) is 5.91 Å². The molecule has 6 heteroatoms. The summed E-state index contributed by atoms with van der Waals surface area (Å²) in [5.74, 6) is 0.0497. The number of Topliss-reactive ketones (excluding diaryl/α,β-unsaturated/α-hetero) is 1. The van der Waals surface area contributed by atoms with Crippen LogP contribution in [0.5, 0.6) is 0 Å². The molecule has 0 radical (unpaired) electrons. The molecular formula is C19H30N4O2. The van der Waals surface area contributed by atoms with Crippen LogP contribution in [0.15, 0.2) is 0 Å². The van der Waals surface area contributed by atoms with Crippen LogP contribution in [-0.2, 0) is 6.42 Å². The SMILES string of the molecule is Cc1c(C(=O)NCC(C)(C)N2CCN(C)CC2)[nH]c2c1C(=O)CCC2. The van der Waals surface area contributed by atoms with E-state index in [4.69, 9.17) is 0 Å². The molecule has 0 spiro atoms. The number of amides is 1. The molecular weight excluding hydrogens is 316 g/mol. The lowest BCUT2D eigenvalue weighted by Crippen LogP contribution is -2.57. The van der Waals surface area contributed by atoms with E-state index < -0.39 is 0 Å². The van der Waals surface area contributed by atoms with Gasteiger partial charge in [-0.15, -0.1) is 0 Å². The van der Waals surface area contributed by atoms with Crippen molar-refractivity contribution in [1.29, 1.82) is 0 Å². The average Bonchev–Trinajstić information content (AvgIpc) is 2.91. The van der Waals surface area contributed by atoms with Gasteiger partial charge in [0.1, 0.15) is 5.69 Å². The standard InChI is InChI=1S/C19H30N4O2/c1-13-16-14(6-5-7-15(16)24)21-17(13)18(25)20-12-19(2,3)23-10-8-22(4)9-11-23/h21H,5-12H2,1-4H3,(H,20,25). The molecule has 0 saturated carbocycles. The molecule has 0 atom stereocenters. The molecule has 1 aromatic heterocycles. The van der Waals surface area contributed by atoms with Gasteiger partial charge in [-0.1, -0.05) is 0 Å². The highest BCUT2D eigenvalue weighted by atomic mass is 16.2. The van der Waals surface area contributed by atoms with Crippen molar-refractivity contribution in [3.8, 4) is 0 Å². The number of nitrogens with one attached hydrogen (secondary N) is 2. The molecule has 25 heavy (non-hydrogen) atoms. The summed E-state index contributed by atoms with van der Waals surface area (Å²) >= 11 is 0. The summed E-state index contributed by atoms with van der Waals surface area (Å²) in [5, 5.41) is 3.08. The van der Waals surface area contributed by atoms with Crippen molar-refractivity contribution in [2.24, 2.45) is 0 Å². The highest BCUT2D eigenvalue weighted by Gasteiger charge is 2.31. The van der Waals surface area contributed by atoms with E-state index in [1.165, 1.54) is 0 Å². The van der Waals surface area contributed by atoms with Crippen LogP contribution >= 0.6 is 0 Å². The number of carbonyl (C=O) groups is 2. The second-order valence-electron chi connectivity index (χ2n) is 8.04. The van der Waals surface area contributed by atoms with E-state index in [1.54, 1.807) is 0 Å². The lowest BCUT2D eigenvalue weighted by Gasteiger charge is -2.43. The fraction of sp³-hybridized carbons (Fsp3) is 0.684. The maximum Gasteiger partial charge on any atom is 0.268 e. The third-order valence-electron chi connectivity index (χ3n) is 5.71. The van der Waals surface area contributed by atoms with E-state index in [2.05, 4.69) is 41.0 Å². The molecule has 1 fully saturated rings. The second-order valence-corrected chi connectivity index (χ2v) is 8.04. The minimum absolute atomic E-state index is 0.0904. The van der Waals surface area contributed by atoms with Crippen LogP contribution in [0.1, 0.15) is 58.8 Å². The summed E-state index contributed by atoms with van der Waals surface area (Å²) in [5.41, 5.74) is 2.93. The Morgan fingerprint density at radius 2 is 1.88 bits per heavy atom. The summed E-state index contributed by atoms with van der Waals surface area (Å²) in [6.45, 7) is 11.0. The summed E-state index contributed by atoms with van der Waals surface area (Å²) in [4.78, 5) is 32.8. The van der Waals surface area contributed by atoms with Crippen molar-refractivity contribution in [3.05, 3.63) is 22.5 Å². The van der Waals surface area contributed by atoms with Crippen molar-refractivity contribution in [2.45, 2.75) is 45.6 Å². The number of aromatic amines is 1. The first-order valence-electron chi connectivity index (χ1n) is 9.26. The topological polar surface area (TPSA) is 68.4 Å². The van der Waals surface area contributed by atoms with Gasteiger partial charge in [0.05, 0.1) is 0 Å². The Balaban J connectivity index is 1.66. The Labute approximate surface area is 149 Å². The lowest BCUT2D eigenvalue weighted by atomic mass is 9.94. The van der Waals surface area contributed by atoms with Crippen LogP contribution in [0.4, 0.5) is 0 Å². The zero-order valence-corrected chi connectivity index (χ0v) is 15.9. The van der Waals surface area contributed by atoms with Crippen LogP contribution in [0, 0.1) is 6.92 Å². The van der Waals surface area contributed by atoms with Crippen molar-refractivity contribution in [2.75, 3.05) is 39.8 Å². The maximum absolute atomic E-state index is 12.7. The van der Waals surface area contributed by atoms with Crippen molar-refractivity contribution >= 4 is 11.7 Å². The van der Waals surface area contributed by atoms with Gasteiger partial charge in [0, 0.05) is 55.9 Å². The van der Waals surface area contributed by atoms with E-state index in [-0.39, 0.29) is 17.2 Å². The molecule has 0 bridgehead atoms. The summed E-state index contributed by atoms with van der Waals surface area (Å²) in [6, 6.07) is 0. The van der Waals surface area contributed by atoms with E-state index in [0.29, 0.717) is 18.7 Å². The maximum atomic E-state index is 12.7. The number of carbonyl (C=O) groups excluding carboxylic acids is 2. The van der Waals surface area contributed by atoms with Gasteiger partial charge in [-0.2, -0.15) is 0 Å². The normalized spacial score (nSPS) is 19.8. The Morgan fingerprint density at radius 3 is 2.52 bits per heavy atom. The quantitative estimate of drug-likeness (QED) is 0.869. The van der Waals surface area contributed by atoms with Gasteiger partial charge in [-0.05, 0) is 46.2 Å².